The monoisotopic (exact) mass is 247 g/mol. The van der Waals surface area contributed by atoms with Crippen molar-refractivity contribution in [2.45, 2.75) is 56.8 Å². The van der Waals surface area contributed by atoms with Gasteiger partial charge in [0, 0.05) is 11.8 Å². The van der Waals surface area contributed by atoms with Crippen molar-refractivity contribution in [2.75, 3.05) is 13.1 Å². The molecule has 1 aromatic rings. The Morgan fingerprint density at radius 3 is 2.72 bits per heavy atom. The molecular weight excluding hydrogens is 226 g/mol. The van der Waals surface area contributed by atoms with E-state index in [0.29, 0.717) is 17.3 Å². The Labute approximate surface area is 108 Å². The summed E-state index contributed by atoms with van der Waals surface area (Å²) in [6.07, 6.45) is 8.97. The SMILES string of the molecule is C1CCC(c2noc(C3CC34CCNCC4)n2)C1. The molecule has 1 unspecified atom stereocenters. The van der Waals surface area contributed by atoms with Crippen molar-refractivity contribution in [2.24, 2.45) is 5.41 Å². The average Bonchev–Trinajstić information content (AvgIpc) is 2.86. The standard InChI is InChI=1S/C14H21N3O/c1-2-4-10(3-1)12-16-13(18-17-12)11-9-14(11)5-7-15-8-6-14/h10-11,15H,1-9H2. The topological polar surface area (TPSA) is 51.0 Å². The zero-order valence-corrected chi connectivity index (χ0v) is 10.8. The third kappa shape index (κ3) is 1.69. The van der Waals surface area contributed by atoms with Gasteiger partial charge in [-0.1, -0.05) is 18.0 Å². The van der Waals surface area contributed by atoms with Crippen LogP contribution in [0.1, 0.15) is 68.5 Å². The van der Waals surface area contributed by atoms with Gasteiger partial charge in [-0.15, -0.1) is 0 Å². The van der Waals surface area contributed by atoms with Crippen LogP contribution in [-0.2, 0) is 0 Å². The molecule has 1 aliphatic heterocycles. The second kappa shape index (κ2) is 4.05. The normalized spacial score (nSPS) is 31.0. The maximum absolute atomic E-state index is 5.55. The second-order valence-corrected chi connectivity index (χ2v) is 6.34. The molecule has 0 radical (unpaired) electrons. The molecule has 0 amide bonds. The highest BCUT2D eigenvalue weighted by Crippen LogP contribution is 2.63. The zero-order valence-electron chi connectivity index (χ0n) is 10.8. The lowest BCUT2D eigenvalue weighted by Crippen LogP contribution is -2.29. The van der Waals surface area contributed by atoms with Crippen molar-refractivity contribution in [3.05, 3.63) is 11.7 Å². The summed E-state index contributed by atoms with van der Waals surface area (Å²) in [6.45, 7) is 2.31. The number of nitrogens with zero attached hydrogens (tertiary/aromatic N) is 2. The van der Waals surface area contributed by atoms with Crippen LogP contribution in [0.3, 0.4) is 0 Å². The number of nitrogens with one attached hydrogen (secondary N) is 1. The lowest BCUT2D eigenvalue weighted by molar-refractivity contribution is 0.309. The molecule has 2 aliphatic carbocycles. The van der Waals surface area contributed by atoms with Gasteiger partial charge in [0.25, 0.3) is 0 Å². The first-order valence-electron chi connectivity index (χ1n) is 7.42. The van der Waals surface area contributed by atoms with Gasteiger partial charge in [0.1, 0.15) is 0 Å². The quantitative estimate of drug-likeness (QED) is 0.872. The van der Waals surface area contributed by atoms with Crippen molar-refractivity contribution in [1.82, 2.24) is 15.5 Å². The minimum Gasteiger partial charge on any atom is -0.339 e. The lowest BCUT2D eigenvalue weighted by atomic mass is 9.92. The Hall–Kier alpha value is -0.900. The zero-order chi connectivity index (χ0) is 12.0. The summed E-state index contributed by atoms with van der Waals surface area (Å²) in [5.74, 6) is 3.05. The fraction of sp³-hybridized carbons (Fsp3) is 0.857. The average molecular weight is 247 g/mol. The number of hydrogen-bond acceptors (Lipinski definition) is 4. The largest absolute Gasteiger partial charge is 0.339 e. The molecule has 1 saturated heterocycles. The fourth-order valence-electron chi connectivity index (χ4n) is 3.91. The van der Waals surface area contributed by atoms with E-state index in [0.717, 1.165) is 24.8 Å². The van der Waals surface area contributed by atoms with Crippen LogP contribution in [0.5, 0.6) is 0 Å². The molecule has 3 aliphatic rings. The maximum atomic E-state index is 5.55. The summed E-state index contributed by atoms with van der Waals surface area (Å²) in [7, 11) is 0. The molecule has 1 aromatic heterocycles. The Morgan fingerprint density at radius 1 is 1.17 bits per heavy atom. The van der Waals surface area contributed by atoms with Gasteiger partial charge in [-0.2, -0.15) is 4.98 Å². The molecule has 1 spiro atoms. The maximum Gasteiger partial charge on any atom is 0.230 e. The van der Waals surface area contributed by atoms with Crippen LogP contribution in [0.15, 0.2) is 4.52 Å². The lowest BCUT2D eigenvalue weighted by Gasteiger charge is -2.22. The van der Waals surface area contributed by atoms with Gasteiger partial charge in [0.05, 0.1) is 0 Å². The Balaban J connectivity index is 1.49. The Bertz CT molecular complexity index is 430. The summed E-state index contributed by atoms with van der Waals surface area (Å²) in [4.78, 5) is 4.71. The molecule has 3 fully saturated rings. The molecule has 98 valence electrons. The van der Waals surface area contributed by atoms with Gasteiger partial charge in [-0.25, -0.2) is 0 Å². The predicted octanol–water partition coefficient (Wildman–Crippen LogP) is 2.58. The molecule has 2 saturated carbocycles. The second-order valence-electron chi connectivity index (χ2n) is 6.34. The van der Waals surface area contributed by atoms with Crippen molar-refractivity contribution in [3.8, 4) is 0 Å². The number of piperidine rings is 1. The van der Waals surface area contributed by atoms with Crippen molar-refractivity contribution in [3.63, 3.8) is 0 Å². The minimum absolute atomic E-state index is 0.505. The predicted molar refractivity (Wildman–Crippen MR) is 67.4 cm³/mol. The van der Waals surface area contributed by atoms with Crippen LogP contribution in [0.2, 0.25) is 0 Å². The Morgan fingerprint density at radius 2 is 1.94 bits per heavy atom. The summed E-state index contributed by atoms with van der Waals surface area (Å²) < 4.78 is 5.55. The van der Waals surface area contributed by atoms with E-state index in [1.807, 2.05) is 0 Å². The van der Waals surface area contributed by atoms with E-state index >= 15 is 0 Å². The van der Waals surface area contributed by atoms with Crippen LogP contribution in [0, 0.1) is 5.41 Å². The third-order valence-corrected chi connectivity index (χ3v) is 5.26. The third-order valence-electron chi connectivity index (χ3n) is 5.26. The smallest absolute Gasteiger partial charge is 0.230 e. The first kappa shape index (κ1) is 11.0. The van der Waals surface area contributed by atoms with E-state index in [1.165, 1.54) is 44.9 Å². The molecule has 4 heteroatoms. The van der Waals surface area contributed by atoms with E-state index in [1.54, 1.807) is 0 Å². The van der Waals surface area contributed by atoms with Gasteiger partial charge in [-0.05, 0) is 50.6 Å². The molecule has 18 heavy (non-hydrogen) atoms. The van der Waals surface area contributed by atoms with Crippen LogP contribution in [0.4, 0.5) is 0 Å². The van der Waals surface area contributed by atoms with Gasteiger partial charge in [-0.3, -0.25) is 0 Å². The van der Waals surface area contributed by atoms with Gasteiger partial charge >= 0.3 is 0 Å². The molecule has 0 aromatic carbocycles. The molecule has 4 rings (SSSR count). The number of rotatable bonds is 2. The van der Waals surface area contributed by atoms with Gasteiger partial charge < -0.3 is 9.84 Å². The highest BCUT2D eigenvalue weighted by molar-refractivity contribution is 5.18. The molecule has 4 nitrogen and oxygen atoms in total. The van der Waals surface area contributed by atoms with Crippen LogP contribution >= 0.6 is 0 Å². The summed E-state index contributed by atoms with van der Waals surface area (Å²) in [6, 6.07) is 0. The molecule has 0 bridgehead atoms. The van der Waals surface area contributed by atoms with Crippen LogP contribution in [-0.4, -0.2) is 23.2 Å². The van der Waals surface area contributed by atoms with Crippen molar-refractivity contribution in [1.29, 1.82) is 0 Å². The highest BCUT2D eigenvalue weighted by Gasteiger charge is 2.57. The first-order chi connectivity index (χ1) is 8.87. The molecule has 2 heterocycles. The fourth-order valence-corrected chi connectivity index (χ4v) is 3.91. The molecule has 1 atom stereocenters. The van der Waals surface area contributed by atoms with E-state index in [2.05, 4.69) is 10.5 Å². The van der Waals surface area contributed by atoms with Crippen molar-refractivity contribution >= 4 is 0 Å². The minimum atomic E-state index is 0.505. The summed E-state index contributed by atoms with van der Waals surface area (Å²) in [5, 5.41) is 7.67. The molecular formula is C14H21N3O. The number of aromatic nitrogens is 2. The molecule has 1 N–H and O–H groups in total. The number of hydrogen-bond donors (Lipinski definition) is 1. The Kier molecular flexibility index (Phi) is 2.47. The van der Waals surface area contributed by atoms with E-state index in [4.69, 9.17) is 9.51 Å². The van der Waals surface area contributed by atoms with Gasteiger partial charge in [0.2, 0.25) is 5.89 Å². The highest BCUT2D eigenvalue weighted by atomic mass is 16.5. The summed E-state index contributed by atoms with van der Waals surface area (Å²) in [5.41, 5.74) is 0.505. The van der Waals surface area contributed by atoms with Crippen molar-refractivity contribution < 1.29 is 4.52 Å². The van der Waals surface area contributed by atoms with Crippen LogP contribution in [0.25, 0.3) is 0 Å². The van der Waals surface area contributed by atoms with E-state index in [-0.39, 0.29) is 0 Å². The van der Waals surface area contributed by atoms with E-state index in [9.17, 15) is 0 Å². The van der Waals surface area contributed by atoms with Crippen LogP contribution < -0.4 is 5.32 Å². The van der Waals surface area contributed by atoms with Gasteiger partial charge in [0.15, 0.2) is 5.82 Å². The first-order valence-corrected chi connectivity index (χ1v) is 7.42. The summed E-state index contributed by atoms with van der Waals surface area (Å²) >= 11 is 0. The van der Waals surface area contributed by atoms with E-state index < -0.39 is 0 Å².